The molecule has 1 fully saturated rings. The summed E-state index contributed by atoms with van der Waals surface area (Å²) in [6.07, 6.45) is -0.275. The molecule has 0 aromatic heterocycles. The largest absolute Gasteiger partial charge is 0.491 e. The van der Waals surface area contributed by atoms with Crippen molar-refractivity contribution in [1.82, 2.24) is 5.32 Å². The molecule has 0 unspecified atom stereocenters. The molecule has 1 aliphatic heterocycles. The number of carbonyl (C=O) groups excluding carboxylic acids is 1. The van der Waals surface area contributed by atoms with E-state index in [9.17, 15) is 4.79 Å². The van der Waals surface area contributed by atoms with Crippen LogP contribution < -0.4 is 10.1 Å². The van der Waals surface area contributed by atoms with E-state index in [1.54, 1.807) is 0 Å². The first-order valence-electron chi connectivity index (χ1n) is 6.59. The Bertz CT molecular complexity index is 468. The van der Waals surface area contributed by atoms with Crippen molar-refractivity contribution in [3.05, 3.63) is 29.8 Å². The van der Waals surface area contributed by atoms with Gasteiger partial charge in [0.05, 0.1) is 12.1 Å². The van der Waals surface area contributed by atoms with Gasteiger partial charge in [0.25, 0.3) is 0 Å². The molecule has 104 valence electrons. The predicted octanol–water partition coefficient (Wildman–Crippen LogP) is 3.28. The van der Waals surface area contributed by atoms with Gasteiger partial charge in [-0.1, -0.05) is 32.0 Å². The lowest BCUT2D eigenvalue weighted by molar-refractivity contribution is 0.0376. The van der Waals surface area contributed by atoms with E-state index in [0.29, 0.717) is 6.61 Å². The average Bonchev–Trinajstić information content (AvgIpc) is 2.33. The van der Waals surface area contributed by atoms with Gasteiger partial charge >= 0.3 is 6.09 Å². The topological polar surface area (TPSA) is 47.6 Å². The molecule has 0 saturated carbocycles. The molecule has 1 aromatic carbocycles. The summed E-state index contributed by atoms with van der Waals surface area (Å²) >= 11 is 0. The second-order valence-corrected chi connectivity index (χ2v) is 5.85. The van der Waals surface area contributed by atoms with Crippen LogP contribution in [0.2, 0.25) is 0 Å². The molecule has 1 saturated heterocycles. The number of amides is 1. The van der Waals surface area contributed by atoms with E-state index in [4.69, 9.17) is 9.47 Å². The normalized spacial score (nSPS) is 21.7. The fourth-order valence-corrected chi connectivity index (χ4v) is 2.27. The molecule has 0 aliphatic carbocycles. The SMILES string of the molecule is CC(C)Oc1ccccc1[C@H]1NC(=O)OCC1(C)C. The summed E-state index contributed by atoms with van der Waals surface area (Å²) in [4.78, 5) is 11.5. The fourth-order valence-electron chi connectivity index (χ4n) is 2.27. The van der Waals surface area contributed by atoms with E-state index in [1.165, 1.54) is 0 Å². The Kier molecular flexibility index (Phi) is 3.69. The molecule has 1 atom stereocenters. The van der Waals surface area contributed by atoms with Crippen LogP contribution in [0.3, 0.4) is 0 Å². The van der Waals surface area contributed by atoms with Crippen molar-refractivity contribution >= 4 is 6.09 Å². The monoisotopic (exact) mass is 263 g/mol. The molecule has 0 radical (unpaired) electrons. The number of alkyl carbamates (subject to hydrolysis) is 1. The molecule has 0 spiro atoms. The quantitative estimate of drug-likeness (QED) is 0.910. The summed E-state index contributed by atoms with van der Waals surface area (Å²) in [6.45, 7) is 8.53. The van der Waals surface area contributed by atoms with Crippen molar-refractivity contribution in [2.24, 2.45) is 5.41 Å². The van der Waals surface area contributed by atoms with E-state index in [2.05, 4.69) is 19.2 Å². The summed E-state index contributed by atoms with van der Waals surface area (Å²) in [5, 5.41) is 2.90. The van der Waals surface area contributed by atoms with Crippen LogP contribution in [0.25, 0.3) is 0 Å². The molecule has 1 aromatic rings. The highest BCUT2D eigenvalue weighted by Crippen LogP contribution is 2.40. The maximum atomic E-state index is 11.5. The number of rotatable bonds is 3. The maximum Gasteiger partial charge on any atom is 0.407 e. The maximum absolute atomic E-state index is 11.5. The van der Waals surface area contributed by atoms with E-state index >= 15 is 0 Å². The van der Waals surface area contributed by atoms with Crippen LogP contribution in [0.5, 0.6) is 5.75 Å². The number of hydrogen-bond acceptors (Lipinski definition) is 3. The second-order valence-electron chi connectivity index (χ2n) is 5.85. The number of carbonyl (C=O) groups is 1. The van der Waals surface area contributed by atoms with Gasteiger partial charge in [-0.3, -0.25) is 0 Å². The van der Waals surface area contributed by atoms with Gasteiger partial charge in [0.1, 0.15) is 12.4 Å². The van der Waals surface area contributed by atoms with Gasteiger partial charge < -0.3 is 14.8 Å². The van der Waals surface area contributed by atoms with Crippen molar-refractivity contribution < 1.29 is 14.3 Å². The van der Waals surface area contributed by atoms with Crippen molar-refractivity contribution in [3.8, 4) is 5.75 Å². The van der Waals surface area contributed by atoms with Crippen LogP contribution in [0, 0.1) is 5.41 Å². The Hall–Kier alpha value is -1.71. The molecule has 4 nitrogen and oxygen atoms in total. The third-order valence-electron chi connectivity index (χ3n) is 3.21. The van der Waals surface area contributed by atoms with Gasteiger partial charge in [-0.15, -0.1) is 0 Å². The summed E-state index contributed by atoms with van der Waals surface area (Å²) in [5.41, 5.74) is 0.822. The summed E-state index contributed by atoms with van der Waals surface area (Å²) < 4.78 is 10.9. The Morgan fingerprint density at radius 2 is 2.05 bits per heavy atom. The first-order chi connectivity index (χ1) is 8.90. The lowest BCUT2D eigenvalue weighted by Gasteiger charge is -2.39. The number of benzene rings is 1. The first kappa shape index (κ1) is 13.7. The average molecular weight is 263 g/mol. The fraction of sp³-hybridized carbons (Fsp3) is 0.533. The molecule has 1 heterocycles. The first-order valence-corrected chi connectivity index (χ1v) is 6.59. The third kappa shape index (κ3) is 3.00. The Morgan fingerprint density at radius 3 is 2.74 bits per heavy atom. The molecule has 4 heteroatoms. The zero-order valence-corrected chi connectivity index (χ0v) is 11.9. The van der Waals surface area contributed by atoms with E-state index in [-0.39, 0.29) is 23.7 Å². The highest BCUT2D eigenvalue weighted by atomic mass is 16.6. The molecular weight excluding hydrogens is 242 g/mol. The van der Waals surface area contributed by atoms with E-state index in [1.807, 2.05) is 38.1 Å². The minimum Gasteiger partial charge on any atom is -0.491 e. The minimum absolute atomic E-state index is 0.0970. The standard InChI is InChI=1S/C15H21NO3/c1-10(2)19-12-8-6-5-7-11(12)13-15(3,4)9-18-14(17)16-13/h5-8,10,13H,9H2,1-4H3,(H,16,17)/t13-/m1/s1. The summed E-state index contributed by atoms with van der Waals surface area (Å²) in [7, 11) is 0. The molecule has 1 amide bonds. The minimum atomic E-state index is -0.372. The van der Waals surface area contributed by atoms with Crippen LogP contribution in [-0.2, 0) is 4.74 Å². The summed E-state index contributed by atoms with van der Waals surface area (Å²) in [6, 6.07) is 7.72. The molecule has 0 bridgehead atoms. The van der Waals surface area contributed by atoms with Gasteiger partial charge in [0.15, 0.2) is 0 Å². The Labute approximate surface area is 114 Å². The zero-order chi connectivity index (χ0) is 14.0. The third-order valence-corrected chi connectivity index (χ3v) is 3.21. The van der Waals surface area contributed by atoms with Crippen molar-refractivity contribution in [2.75, 3.05) is 6.61 Å². The molecule has 2 rings (SSSR count). The van der Waals surface area contributed by atoms with Gasteiger partial charge in [0.2, 0.25) is 0 Å². The van der Waals surface area contributed by atoms with Crippen LogP contribution in [0.1, 0.15) is 39.3 Å². The van der Waals surface area contributed by atoms with Crippen molar-refractivity contribution in [2.45, 2.75) is 39.8 Å². The highest BCUT2D eigenvalue weighted by molar-refractivity contribution is 5.69. The summed E-state index contributed by atoms with van der Waals surface area (Å²) in [5.74, 6) is 0.817. The van der Waals surface area contributed by atoms with Gasteiger partial charge in [-0.2, -0.15) is 0 Å². The highest BCUT2D eigenvalue weighted by Gasteiger charge is 2.39. The van der Waals surface area contributed by atoms with Crippen LogP contribution in [0.4, 0.5) is 4.79 Å². The van der Waals surface area contributed by atoms with Crippen LogP contribution >= 0.6 is 0 Å². The van der Waals surface area contributed by atoms with Crippen molar-refractivity contribution in [1.29, 1.82) is 0 Å². The van der Waals surface area contributed by atoms with E-state index in [0.717, 1.165) is 11.3 Å². The van der Waals surface area contributed by atoms with Crippen molar-refractivity contribution in [3.63, 3.8) is 0 Å². The van der Waals surface area contributed by atoms with Crippen LogP contribution in [0.15, 0.2) is 24.3 Å². The van der Waals surface area contributed by atoms with Crippen LogP contribution in [-0.4, -0.2) is 18.8 Å². The van der Waals surface area contributed by atoms with Gasteiger partial charge in [0, 0.05) is 11.0 Å². The molecular formula is C15H21NO3. The second kappa shape index (κ2) is 5.11. The molecule has 1 N–H and O–H groups in total. The van der Waals surface area contributed by atoms with Gasteiger partial charge in [-0.25, -0.2) is 4.79 Å². The number of para-hydroxylation sites is 1. The Morgan fingerprint density at radius 1 is 1.37 bits per heavy atom. The number of cyclic esters (lactones) is 1. The lowest BCUT2D eigenvalue weighted by Crippen LogP contribution is -2.47. The smallest absolute Gasteiger partial charge is 0.407 e. The number of ether oxygens (including phenoxy) is 2. The predicted molar refractivity (Wildman–Crippen MR) is 73.2 cm³/mol. The lowest BCUT2D eigenvalue weighted by atomic mass is 9.80. The molecule has 1 aliphatic rings. The van der Waals surface area contributed by atoms with Gasteiger partial charge in [-0.05, 0) is 19.9 Å². The number of nitrogens with one attached hydrogen (secondary N) is 1. The Balaban J connectivity index is 2.36. The number of hydrogen-bond donors (Lipinski definition) is 1. The van der Waals surface area contributed by atoms with E-state index < -0.39 is 0 Å². The zero-order valence-electron chi connectivity index (χ0n) is 11.9. The molecule has 19 heavy (non-hydrogen) atoms.